The molecular weight excluding hydrogens is 348 g/mol. The van der Waals surface area contributed by atoms with Crippen molar-refractivity contribution >= 4 is 34.1 Å². The van der Waals surface area contributed by atoms with Gasteiger partial charge in [-0.25, -0.2) is 4.98 Å². The van der Waals surface area contributed by atoms with Crippen molar-refractivity contribution in [1.29, 1.82) is 0 Å². The van der Waals surface area contributed by atoms with Crippen molar-refractivity contribution in [3.05, 3.63) is 78.0 Å². The van der Waals surface area contributed by atoms with Gasteiger partial charge in [-0.15, -0.1) is 0 Å². The molecule has 1 amide bonds. The first-order chi connectivity index (χ1) is 12.6. The van der Waals surface area contributed by atoms with E-state index in [1.54, 1.807) is 18.6 Å². The monoisotopic (exact) mass is 364 g/mol. The fourth-order valence-electron chi connectivity index (χ4n) is 3.14. The highest BCUT2D eigenvalue weighted by molar-refractivity contribution is 6.32. The number of carbonyl (C=O) groups is 1. The van der Waals surface area contributed by atoms with Gasteiger partial charge in [0, 0.05) is 42.2 Å². The summed E-state index contributed by atoms with van der Waals surface area (Å²) >= 11 is 6.34. The summed E-state index contributed by atoms with van der Waals surface area (Å²) in [6.45, 7) is 0. The minimum atomic E-state index is -0.0761. The first-order valence-electron chi connectivity index (χ1n) is 8.22. The zero-order valence-electron chi connectivity index (χ0n) is 14.2. The summed E-state index contributed by atoms with van der Waals surface area (Å²) in [7, 11) is 1.98. The van der Waals surface area contributed by atoms with E-state index in [0.717, 1.165) is 22.2 Å². The van der Waals surface area contributed by atoms with Crippen LogP contribution in [0.3, 0.4) is 0 Å². The van der Waals surface area contributed by atoms with Crippen molar-refractivity contribution in [1.82, 2.24) is 14.1 Å². The molecule has 1 N–H and O–H groups in total. The number of fused-ring (bicyclic) bond motifs is 1. The highest BCUT2D eigenvalue weighted by Gasteiger charge is 2.11. The van der Waals surface area contributed by atoms with Crippen LogP contribution in [0.5, 0.6) is 0 Å². The first-order valence-corrected chi connectivity index (χ1v) is 8.60. The highest BCUT2D eigenvalue weighted by atomic mass is 35.5. The number of nitrogens with one attached hydrogen (secondary N) is 1. The summed E-state index contributed by atoms with van der Waals surface area (Å²) < 4.78 is 3.86. The maximum Gasteiger partial charge on any atom is 0.228 e. The molecule has 2 aromatic carbocycles. The Bertz CT molecular complexity index is 1080. The van der Waals surface area contributed by atoms with Crippen molar-refractivity contribution in [2.75, 3.05) is 5.32 Å². The molecule has 0 saturated carbocycles. The van der Waals surface area contributed by atoms with Crippen molar-refractivity contribution < 1.29 is 4.79 Å². The predicted octanol–water partition coefficient (Wildman–Crippen LogP) is 4.20. The van der Waals surface area contributed by atoms with Crippen molar-refractivity contribution in [2.45, 2.75) is 6.42 Å². The largest absolute Gasteiger partial charge is 0.350 e. The van der Waals surface area contributed by atoms with Gasteiger partial charge >= 0.3 is 0 Å². The van der Waals surface area contributed by atoms with E-state index in [0.29, 0.717) is 17.1 Å². The molecule has 0 atom stereocenters. The number of para-hydroxylation sites is 1. The van der Waals surface area contributed by atoms with Crippen LogP contribution in [0.2, 0.25) is 5.02 Å². The van der Waals surface area contributed by atoms with Crippen LogP contribution in [0.15, 0.2) is 67.4 Å². The summed E-state index contributed by atoms with van der Waals surface area (Å²) in [4.78, 5) is 16.5. The van der Waals surface area contributed by atoms with Gasteiger partial charge in [0.2, 0.25) is 5.91 Å². The van der Waals surface area contributed by atoms with Gasteiger partial charge in [-0.1, -0.05) is 29.8 Å². The number of hydrogen-bond donors (Lipinski definition) is 1. The molecule has 0 aliphatic rings. The fraction of sp³-hybridized carbons (Fsp3) is 0.100. The number of amides is 1. The molecule has 4 rings (SSSR count). The maximum atomic E-state index is 12.5. The molecule has 130 valence electrons. The molecule has 4 aromatic rings. The fourth-order valence-corrected chi connectivity index (χ4v) is 3.42. The molecule has 6 heteroatoms. The third kappa shape index (κ3) is 3.09. The quantitative estimate of drug-likeness (QED) is 0.590. The van der Waals surface area contributed by atoms with Gasteiger partial charge in [0.15, 0.2) is 0 Å². The summed E-state index contributed by atoms with van der Waals surface area (Å²) in [5.41, 5.74) is 3.60. The summed E-state index contributed by atoms with van der Waals surface area (Å²) in [6.07, 6.45) is 7.50. The first kappa shape index (κ1) is 16.4. The van der Waals surface area contributed by atoms with Gasteiger partial charge in [0.05, 0.1) is 23.5 Å². The number of halogens is 1. The summed E-state index contributed by atoms with van der Waals surface area (Å²) in [5.74, 6) is -0.0761. The minimum absolute atomic E-state index is 0.0761. The molecule has 0 aliphatic carbocycles. The number of rotatable bonds is 4. The second kappa shape index (κ2) is 6.69. The van der Waals surface area contributed by atoms with Crippen LogP contribution >= 0.6 is 11.6 Å². The zero-order chi connectivity index (χ0) is 18.1. The van der Waals surface area contributed by atoms with E-state index in [1.165, 1.54) is 0 Å². The van der Waals surface area contributed by atoms with Gasteiger partial charge in [0.1, 0.15) is 0 Å². The summed E-state index contributed by atoms with van der Waals surface area (Å²) in [6, 6.07) is 13.5. The van der Waals surface area contributed by atoms with Gasteiger partial charge in [-0.2, -0.15) is 0 Å². The molecule has 0 saturated heterocycles. The Morgan fingerprint density at radius 2 is 2.08 bits per heavy atom. The molecule has 2 aromatic heterocycles. The average molecular weight is 365 g/mol. The number of aryl methyl sites for hydroxylation is 1. The van der Waals surface area contributed by atoms with Crippen molar-refractivity contribution in [2.24, 2.45) is 7.05 Å². The molecule has 0 spiro atoms. The SMILES string of the molecule is Cn1cc(CC(=O)Nc2ccc(-n3ccnc3)c(Cl)c2)c2ccccc21. The summed E-state index contributed by atoms with van der Waals surface area (Å²) in [5, 5.41) is 4.56. The third-order valence-corrected chi connectivity index (χ3v) is 4.65. The Labute approximate surface area is 155 Å². The van der Waals surface area contributed by atoms with E-state index in [9.17, 15) is 4.79 Å². The number of hydrogen-bond acceptors (Lipinski definition) is 2. The number of nitrogens with zero attached hydrogens (tertiary/aromatic N) is 3. The zero-order valence-corrected chi connectivity index (χ0v) is 14.9. The Morgan fingerprint density at radius 1 is 1.23 bits per heavy atom. The Morgan fingerprint density at radius 3 is 2.85 bits per heavy atom. The van der Waals surface area contributed by atoms with Crippen LogP contribution in [-0.4, -0.2) is 20.0 Å². The van der Waals surface area contributed by atoms with Crippen LogP contribution in [-0.2, 0) is 18.3 Å². The van der Waals surface area contributed by atoms with Gasteiger partial charge in [-0.3, -0.25) is 4.79 Å². The van der Waals surface area contributed by atoms with Crippen LogP contribution in [0.1, 0.15) is 5.56 Å². The lowest BCUT2D eigenvalue weighted by atomic mass is 10.1. The van der Waals surface area contributed by atoms with Gasteiger partial charge in [-0.05, 0) is 29.8 Å². The van der Waals surface area contributed by atoms with Crippen molar-refractivity contribution in [3.8, 4) is 5.69 Å². The molecule has 0 fully saturated rings. The minimum Gasteiger partial charge on any atom is -0.350 e. The number of carbonyl (C=O) groups excluding carboxylic acids is 1. The molecule has 5 nitrogen and oxygen atoms in total. The molecule has 0 radical (unpaired) electrons. The lowest BCUT2D eigenvalue weighted by Crippen LogP contribution is -2.14. The Hall–Kier alpha value is -3.05. The molecule has 0 bridgehead atoms. The lowest BCUT2D eigenvalue weighted by Gasteiger charge is -2.09. The topological polar surface area (TPSA) is 51.9 Å². The molecule has 2 heterocycles. The van der Waals surface area contributed by atoms with E-state index in [2.05, 4.69) is 10.3 Å². The van der Waals surface area contributed by atoms with Crippen LogP contribution in [0.4, 0.5) is 5.69 Å². The van der Waals surface area contributed by atoms with Crippen LogP contribution < -0.4 is 5.32 Å². The standard InChI is InChI=1S/C20H17ClN4O/c1-24-12-14(16-4-2-3-5-18(16)24)10-20(26)23-15-6-7-19(17(21)11-15)25-9-8-22-13-25/h2-9,11-13H,10H2,1H3,(H,23,26). The molecule has 0 unspecified atom stereocenters. The number of anilines is 1. The van der Waals surface area contributed by atoms with E-state index >= 15 is 0 Å². The van der Waals surface area contributed by atoms with E-state index in [-0.39, 0.29) is 5.91 Å². The Balaban J connectivity index is 1.52. The lowest BCUT2D eigenvalue weighted by molar-refractivity contribution is -0.115. The van der Waals surface area contributed by atoms with E-state index in [1.807, 2.05) is 65.0 Å². The van der Waals surface area contributed by atoms with Gasteiger partial charge < -0.3 is 14.5 Å². The number of imidazole rings is 1. The Kier molecular flexibility index (Phi) is 4.22. The van der Waals surface area contributed by atoms with Gasteiger partial charge in [0.25, 0.3) is 0 Å². The van der Waals surface area contributed by atoms with E-state index < -0.39 is 0 Å². The molecule has 0 aliphatic heterocycles. The third-order valence-electron chi connectivity index (χ3n) is 4.34. The maximum absolute atomic E-state index is 12.5. The van der Waals surface area contributed by atoms with Crippen molar-refractivity contribution in [3.63, 3.8) is 0 Å². The average Bonchev–Trinajstić information content (AvgIpc) is 3.25. The second-order valence-corrected chi connectivity index (χ2v) is 6.55. The molecule has 26 heavy (non-hydrogen) atoms. The van der Waals surface area contributed by atoms with E-state index in [4.69, 9.17) is 11.6 Å². The van der Waals surface area contributed by atoms with Crippen LogP contribution in [0, 0.1) is 0 Å². The second-order valence-electron chi connectivity index (χ2n) is 6.14. The van der Waals surface area contributed by atoms with Crippen LogP contribution in [0.25, 0.3) is 16.6 Å². The number of aromatic nitrogens is 3. The highest BCUT2D eigenvalue weighted by Crippen LogP contribution is 2.25. The predicted molar refractivity (Wildman–Crippen MR) is 104 cm³/mol. The smallest absolute Gasteiger partial charge is 0.228 e. The number of benzene rings is 2. The molecular formula is C20H17ClN4O. The normalized spacial score (nSPS) is 11.0.